The molecule has 0 amide bonds. The number of anilines is 1. The zero-order valence-corrected chi connectivity index (χ0v) is 11.9. The Labute approximate surface area is 123 Å². The fourth-order valence-electron chi connectivity index (χ4n) is 2.74. The van der Waals surface area contributed by atoms with Gasteiger partial charge in [-0.2, -0.15) is 0 Å². The minimum Gasteiger partial charge on any atom is -0.390 e. The van der Waals surface area contributed by atoms with Crippen LogP contribution in [0.3, 0.4) is 0 Å². The van der Waals surface area contributed by atoms with Crippen LogP contribution < -0.4 is 5.73 Å². The molecule has 2 aromatic rings. The maximum atomic E-state index is 9.08. The third kappa shape index (κ3) is 3.37. The number of aliphatic hydroxyl groups is 1. The first-order valence-corrected chi connectivity index (χ1v) is 7.19. The number of nitrogens with zero attached hydrogens (tertiary/aromatic N) is 5. The largest absolute Gasteiger partial charge is 0.390 e. The minimum atomic E-state index is -0.0620. The van der Waals surface area contributed by atoms with Gasteiger partial charge < -0.3 is 10.8 Å². The minimum absolute atomic E-state index is 0.0620. The highest BCUT2D eigenvalue weighted by atomic mass is 16.3. The van der Waals surface area contributed by atoms with Crippen molar-refractivity contribution in [3.05, 3.63) is 35.8 Å². The van der Waals surface area contributed by atoms with Gasteiger partial charge in [-0.1, -0.05) is 11.3 Å². The van der Waals surface area contributed by atoms with E-state index in [0.29, 0.717) is 17.6 Å². The summed E-state index contributed by atoms with van der Waals surface area (Å²) in [6, 6.07) is 4.17. The van der Waals surface area contributed by atoms with Crippen molar-refractivity contribution >= 4 is 5.82 Å². The second-order valence-corrected chi connectivity index (χ2v) is 5.47. The second kappa shape index (κ2) is 6.19. The highest BCUT2D eigenvalue weighted by Crippen LogP contribution is 2.22. The van der Waals surface area contributed by atoms with E-state index in [0.717, 1.165) is 32.5 Å². The van der Waals surface area contributed by atoms with Crippen LogP contribution in [0.4, 0.5) is 5.82 Å². The van der Waals surface area contributed by atoms with Gasteiger partial charge in [0.15, 0.2) is 0 Å². The van der Waals surface area contributed by atoms with E-state index >= 15 is 0 Å². The molecule has 0 aliphatic carbocycles. The Hall–Kier alpha value is -1.99. The molecule has 1 atom stereocenters. The topological polar surface area (TPSA) is 93.1 Å². The number of aromatic nitrogens is 4. The van der Waals surface area contributed by atoms with E-state index in [1.54, 1.807) is 0 Å². The lowest BCUT2D eigenvalue weighted by atomic mass is 10.1. The Morgan fingerprint density at radius 3 is 3.00 bits per heavy atom. The van der Waals surface area contributed by atoms with Gasteiger partial charge in [0.25, 0.3) is 0 Å². The Kier molecular flexibility index (Phi) is 4.12. The quantitative estimate of drug-likeness (QED) is 0.855. The van der Waals surface area contributed by atoms with Crippen molar-refractivity contribution in [3.8, 4) is 0 Å². The smallest absolute Gasteiger partial charge is 0.123 e. The van der Waals surface area contributed by atoms with Gasteiger partial charge >= 0.3 is 0 Å². The summed E-state index contributed by atoms with van der Waals surface area (Å²) in [6.07, 6.45) is 5.88. The van der Waals surface area contributed by atoms with E-state index in [-0.39, 0.29) is 6.61 Å². The van der Waals surface area contributed by atoms with Crippen molar-refractivity contribution in [1.29, 1.82) is 0 Å². The molecule has 0 spiro atoms. The van der Waals surface area contributed by atoms with E-state index in [1.165, 1.54) is 5.56 Å². The normalized spacial score (nSPS) is 19.8. The maximum Gasteiger partial charge on any atom is 0.123 e. The molecule has 3 N–H and O–H groups in total. The summed E-state index contributed by atoms with van der Waals surface area (Å²) in [4.78, 5) is 6.52. The van der Waals surface area contributed by atoms with Gasteiger partial charge in [0.1, 0.15) is 11.5 Å². The van der Waals surface area contributed by atoms with Crippen LogP contribution in [0.1, 0.15) is 30.1 Å². The molecule has 1 fully saturated rings. The average Bonchev–Trinajstić information content (AvgIpc) is 2.99. The monoisotopic (exact) mass is 288 g/mol. The predicted molar refractivity (Wildman–Crippen MR) is 78.1 cm³/mol. The van der Waals surface area contributed by atoms with Gasteiger partial charge in [0.05, 0.1) is 18.8 Å². The SMILES string of the molecule is Nc1ccc(CN2CCCC(n3cc(CO)nn3)C2)cn1. The molecule has 0 saturated carbocycles. The number of nitrogens with two attached hydrogens (primary N) is 1. The molecule has 21 heavy (non-hydrogen) atoms. The Bertz CT molecular complexity index is 581. The molecule has 7 heteroatoms. The predicted octanol–water partition coefficient (Wildman–Crippen LogP) is 0.585. The number of aliphatic hydroxyl groups excluding tert-OH is 1. The van der Waals surface area contributed by atoms with Crippen LogP contribution in [0.25, 0.3) is 0 Å². The van der Waals surface area contributed by atoms with Crippen molar-refractivity contribution in [2.24, 2.45) is 0 Å². The molecule has 0 aromatic carbocycles. The molecule has 1 saturated heterocycles. The number of nitrogen functional groups attached to an aromatic ring is 1. The number of hydrogen-bond acceptors (Lipinski definition) is 6. The number of hydrogen-bond donors (Lipinski definition) is 2. The summed E-state index contributed by atoms with van der Waals surface area (Å²) in [7, 11) is 0. The van der Waals surface area contributed by atoms with Gasteiger partial charge in [0, 0.05) is 19.3 Å². The molecule has 0 bridgehead atoms. The fourth-order valence-corrected chi connectivity index (χ4v) is 2.74. The molecular formula is C14H20N6O. The van der Waals surface area contributed by atoms with E-state index in [1.807, 2.05) is 29.2 Å². The summed E-state index contributed by atoms with van der Waals surface area (Å²) in [5.74, 6) is 0.550. The van der Waals surface area contributed by atoms with Gasteiger partial charge in [0.2, 0.25) is 0 Å². The standard InChI is InChI=1S/C14H20N6O/c15-14-4-3-11(6-16-14)7-19-5-1-2-13(9-19)20-8-12(10-21)17-18-20/h3-4,6,8,13,21H,1-2,5,7,9-10H2,(H2,15,16). The van der Waals surface area contributed by atoms with Crippen LogP contribution >= 0.6 is 0 Å². The molecule has 3 rings (SSSR count). The van der Waals surface area contributed by atoms with Crippen LogP contribution in [0.5, 0.6) is 0 Å². The zero-order valence-electron chi connectivity index (χ0n) is 11.9. The highest BCUT2D eigenvalue weighted by Gasteiger charge is 2.22. The maximum absolute atomic E-state index is 9.08. The first-order valence-electron chi connectivity index (χ1n) is 7.19. The van der Waals surface area contributed by atoms with Crippen LogP contribution in [-0.4, -0.2) is 43.1 Å². The first-order chi connectivity index (χ1) is 10.2. The molecule has 2 aromatic heterocycles. The molecule has 1 aliphatic heterocycles. The number of piperidine rings is 1. The van der Waals surface area contributed by atoms with Crippen molar-refractivity contribution in [3.63, 3.8) is 0 Å². The van der Waals surface area contributed by atoms with Crippen LogP contribution in [0, 0.1) is 0 Å². The number of pyridine rings is 1. The van der Waals surface area contributed by atoms with E-state index in [9.17, 15) is 0 Å². The number of likely N-dealkylation sites (tertiary alicyclic amines) is 1. The van der Waals surface area contributed by atoms with Crippen LogP contribution in [0.2, 0.25) is 0 Å². The van der Waals surface area contributed by atoms with Crippen molar-refractivity contribution in [2.45, 2.75) is 32.0 Å². The lowest BCUT2D eigenvalue weighted by molar-refractivity contribution is 0.161. The van der Waals surface area contributed by atoms with Crippen molar-refractivity contribution < 1.29 is 5.11 Å². The molecular weight excluding hydrogens is 268 g/mol. The highest BCUT2D eigenvalue weighted by molar-refractivity contribution is 5.29. The van der Waals surface area contributed by atoms with Crippen LogP contribution in [-0.2, 0) is 13.2 Å². The zero-order chi connectivity index (χ0) is 14.7. The third-order valence-corrected chi connectivity index (χ3v) is 3.83. The summed E-state index contributed by atoms with van der Waals surface area (Å²) in [6.45, 7) is 2.81. The Morgan fingerprint density at radius 1 is 1.38 bits per heavy atom. The molecule has 1 unspecified atom stereocenters. The van der Waals surface area contributed by atoms with E-state index in [2.05, 4.69) is 20.2 Å². The molecule has 1 aliphatic rings. The lowest BCUT2D eigenvalue weighted by Crippen LogP contribution is -2.36. The van der Waals surface area contributed by atoms with E-state index < -0.39 is 0 Å². The lowest BCUT2D eigenvalue weighted by Gasteiger charge is -2.32. The van der Waals surface area contributed by atoms with Crippen molar-refractivity contribution in [1.82, 2.24) is 24.9 Å². The number of rotatable bonds is 4. The molecule has 3 heterocycles. The van der Waals surface area contributed by atoms with Crippen LogP contribution in [0.15, 0.2) is 24.5 Å². The summed E-state index contributed by atoms with van der Waals surface area (Å²) in [5.41, 5.74) is 7.40. The summed E-state index contributed by atoms with van der Waals surface area (Å²) in [5, 5.41) is 17.1. The van der Waals surface area contributed by atoms with Crippen molar-refractivity contribution in [2.75, 3.05) is 18.8 Å². The summed E-state index contributed by atoms with van der Waals surface area (Å²) >= 11 is 0. The van der Waals surface area contributed by atoms with Gasteiger partial charge in [-0.25, -0.2) is 9.67 Å². The third-order valence-electron chi connectivity index (χ3n) is 3.83. The van der Waals surface area contributed by atoms with E-state index in [4.69, 9.17) is 10.8 Å². The Balaban J connectivity index is 1.63. The van der Waals surface area contributed by atoms with Gasteiger partial charge in [-0.3, -0.25) is 4.90 Å². The molecule has 7 nitrogen and oxygen atoms in total. The second-order valence-electron chi connectivity index (χ2n) is 5.47. The molecule has 0 radical (unpaired) electrons. The first kappa shape index (κ1) is 14.0. The fraction of sp³-hybridized carbons (Fsp3) is 0.500. The average molecular weight is 288 g/mol. The van der Waals surface area contributed by atoms with Gasteiger partial charge in [-0.05, 0) is 31.0 Å². The van der Waals surface area contributed by atoms with Gasteiger partial charge in [-0.15, -0.1) is 5.10 Å². The molecule has 112 valence electrons. The summed E-state index contributed by atoms with van der Waals surface area (Å²) < 4.78 is 1.87. The Morgan fingerprint density at radius 2 is 2.29 bits per heavy atom.